The number of H-pyrrole nitrogens is 1. The molecule has 0 fully saturated rings. The number of aromatic amines is 1. The zero-order chi connectivity index (χ0) is 19.2. The van der Waals surface area contributed by atoms with E-state index >= 15 is 0 Å². The summed E-state index contributed by atoms with van der Waals surface area (Å²) in [6.07, 6.45) is 1.18. The van der Waals surface area contributed by atoms with Crippen LogP contribution in [0.5, 0.6) is 0 Å². The Labute approximate surface area is 156 Å². The van der Waals surface area contributed by atoms with Crippen molar-refractivity contribution in [2.45, 2.75) is 43.8 Å². The van der Waals surface area contributed by atoms with Gasteiger partial charge in [-0.25, -0.2) is 14.6 Å². The second kappa shape index (κ2) is 8.75. The van der Waals surface area contributed by atoms with Crippen molar-refractivity contribution in [3.8, 4) is 0 Å². The SMILES string of the molecule is COC(=O)c1ccccc1CSc1ncc(CNC(=O)OC(C)(C)C)[nH]1. The molecule has 0 unspecified atom stereocenters. The molecule has 0 radical (unpaired) electrons. The number of aromatic nitrogens is 2. The number of amides is 1. The van der Waals surface area contributed by atoms with E-state index in [0.29, 0.717) is 23.0 Å². The van der Waals surface area contributed by atoms with Crippen LogP contribution in [0.1, 0.15) is 42.4 Å². The van der Waals surface area contributed by atoms with Crippen LogP contribution >= 0.6 is 11.8 Å². The van der Waals surface area contributed by atoms with E-state index in [-0.39, 0.29) is 5.97 Å². The number of rotatable bonds is 6. The first kappa shape index (κ1) is 19.8. The molecule has 1 aromatic carbocycles. The number of esters is 1. The second-order valence-electron chi connectivity index (χ2n) is 6.51. The normalized spacial score (nSPS) is 11.1. The molecule has 26 heavy (non-hydrogen) atoms. The summed E-state index contributed by atoms with van der Waals surface area (Å²) in [5, 5.41) is 3.37. The number of alkyl carbamates (subject to hydrolysis) is 1. The Kier molecular flexibility index (Phi) is 6.68. The summed E-state index contributed by atoms with van der Waals surface area (Å²) in [6, 6.07) is 7.29. The number of carbonyl (C=O) groups is 2. The molecule has 2 N–H and O–H groups in total. The van der Waals surface area contributed by atoms with Gasteiger partial charge in [0.25, 0.3) is 0 Å². The van der Waals surface area contributed by atoms with Crippen LogP contribution in [0.15, 0.2) is 35.6 Å². The number of hydrogen-bond acceptors (Lipinski definition) is 6. The predicted molar refractivity (Wildman–Crippen MR) is 99.0 cm³/mol. The topological polar surface area (TPSA) is 93.3 Å². The van der Waals surface area contributed by atoms with Gasteiger partial charge in [-0.2, -0.15) is 0 Å². The monoisotopic (exact) mass is 377 g/mol. The van der Waals surface area contributed by atoms with Crippen LogP contribution in [0, 0.1) is 0 Å². The maximum atomic E-state index is 11.8. The molecular weight excluding hydrogens is 354 g/mol. The van der Waals surface area contributed by atoms with E-state index in [1.54, 1.807) is 18.3 Å². The van der Waals surface area contributed by atoms with Gasteiger partial charge >= 0.3 is 12.1 Å². The van der Waals surface area contributed by atoms with E-state index in [4.69, 9.17) is 9.47 Å². The molecule has 0 spiro atoms. The fourth-order valence-corrected chi connectivity index (χ4v) is 2.96. The zero-order valence-corrected chi connectivity index (χ0v) is 16.1. The van der Waals surface area contributed by atoms with Crippen molar-refractivity contribution < 1.29 is 19.1 Å². The molecule has 1 amide bonds. The van der Waals surface area contributed by atoms with Crippen LogP contribution in [0.2, 0.25) is 0 Å². The van der Waals surface area contributed by atoms with Crippen molar-refractivity contribution in [3.63, 3.8) is 0 Å². The molecule has 140 valence electrons. The Hall–Kier alpha value is -2.48. The summed E-state index contributed by atoms with van der Waals surface area (Å²) in [4.78, 5) is 30.9. The Balaban J connectivity index is 1.89. The Morgan fingerprint density at radius 1 is 1.27 bits per heavy atom. The van der Waals surface area contributed by atoms with Gasteiger partial charge in [0, 0.05) is 5.75 Å². The predicted octanol–water partition coefficient (Wildman–Crippen LogP) is 3.51. The van der Waals surface area contributed by atoms with E-state index in [0.717, 1.165) is 11.3 Å². The lowest BCUT2D eigenvalue weighted by Crippen LogP contribution is -2.32. The Bertz CT molecular complexity index is 768. The highest BCUT2D eigenvalue weighted by molar-refractivity contribution is 7.98. The molecule has 0 saturated carbocycles. The molecular formula is C18H23N3O4S. The van der Waals surface area contributed by atoms with Crippen LogP contribution in [0.25, 0.3) is 0 Å². The molecule has 2 aromatic rings. The molecule has 2 rings (SSSR count). The number of imidazole rings is 1. The number of benzene rings is 1. The lowest BCUT2D eigenvalue weighted by Gasteiger charge is -2.19. The third kappa shape index (κ3) is 6.11. The first-order valence-electron chi connectivity index (χ1n) is 8.08. The van der Waals surface area contributed by atoms with Crippen molar-refractivity contribution in [2.24, 2.45) is 0 Å². The number of hydrogen-bond donors (Lipinski definition) is 2. The number of ether oxygens (including phenoxy) is 2. The van der Waals surface area contributed by atoms with Crippen molar-refractivity contribution in [3.05, 3.63) is 47.3 Å². The van der Waals surface area contributed by atoms with Crippen LogP contribution in [-0.2, 0) is 21.8 Å². The fraction of sp³-hybridized carbons (Fsp3) is 0.389. The summed E-state index contributed by atoms with van der Waals surface area (Å²) in [5.74, 6) is 0.209. The summed E-state index contributed by atoms with van der Waals surface area (Å²) in [6.45, 7) is 5.72. The third-order valence-electron chi connectivity index (χ3n) is 3.21. The zero-order valence-electron chi connectivity index (χ0n) is 15.3. The second-order valence-corrected chi connectivity index (χ2v) is 7.47. The first-order chi connectivity index (χ1) is 12.3. The minimum atomic E-state index is -0.536. The van der Waals surface area contributed by atoms with Crippen LogP contribution in [-0.4, -0.2) is 34.7 Å². The van der Waals surface area contributed by atoms with E-state index in [1.165, 1.54) is 18.9 Å². The minimum Gasteiger partial charge on any atom is -0.465 e. The van der Waals surface area contributed by atoms with Gasteiger partial charge in [0.15, 0.2) is 5.16 Å². The third-order valence-corrected chi connectivity index (χ3v) is 4.15. The van der Waals surface area contributed by atoms with E-state index < -0.39 is 11.7 Å². The number of nitrogens with zero attached hydrogens (tertiary/aromatic N) is 1. The molecule has 0 aliphatic carbocycles. The van der Waals surface area contributed by atoms with E-state index in [2.05, 4.69) is 15.3 Å². The molecule has 0 bridgehead atoms. The van der Waals surface area contributed by atoms with Gasteiger partial charge in [0.2, 0.25) is 0 Å². The lowest BCUT2D eigenvalue weighted by molar-refractivity contribution is 0.0521. The standard InChI is InChI=1S/C18H23N3O4S/c1-18(2,3)25-17(23)20-10-13-9-19-16(21-13)26-11-12-7-5-6-8-14(12)15(22)24-4/h5-9H,10-11H2,1-4H3,(H,19,21)(H,20,23). The smallest absolute Gasteiger partial charge is 0.407 e. The molecule has 8 heteroatoms. The van der Waals surface area contributed by atoms with Crippen molar-refractivity contribution in [1.82, 2.24) is 15.3 Å². The highest BCUT2D eigenvalue weighted by Gasteiger charge is 2.16. The quantitative estimate of drug-likeness (QED) is 0.591. The highest BCUT2D eigenvalue weighted by Crippen LogP contribution is 2.22. The van der Waals surface area contributed by atoms with Gasteiger partial charge in [-0.1, -0.05) is 30.0 Å². The first-order valence-corrected chi connectivity index (χ1v) is 9.07. The van der Waals surface area contributed by atoms with E-state index in [9.17, 15) is 9.59 Å². The minimum absolute atomic E-state index is 0.293. The summed E-state index contributed by atoms with van der Waals surface area (Å²) in [7, 11) is 1.36. The Morgan fingerprint density at radius 3 is 2.69 bits per heavy atom. The Morgan fingerprint density at radius 2 is 2.00 bits per heavy atom. The van der Waals surface area contributed by atoms with Crippen molar-refractivity contribution in [2.75, 3.05) is 7.11 Å². The maximum absolute atomic E-state index is 11.8. The fourth-order valence-electron chi connectivity index (χ4n) is 2.08. The molecule has 0 saturated heterocycles. The number of thioether (sulfide) groups is 1. The number of carbonyl (C=O) groups excluding carboxylic acids is 2. The summed E-state index contributed by atoms with van der Waals surface area (Å²) in [5.41, 5.74) is 1.64. The van der Waals surface area contributed by atoms with Crippen LogP contribution in [0.4, 0.5) is 4.79 Å². The lowest BCUT2D eigenvalue weighted by atomic mass is 10.1. The highest BCUT2D eigenvalue weighted by atomic mass is 32.2. The van der Waals surface area contributed by atoms with Crippen molar-refractivity contribution >= 4 is 23.8 Å². The molecule has 0 aliphatic rings. The van der Waals surface area contributed by atoms with Gasteiger partial charge in [0.1, 0.15) is 5.60 Å². The summed E-state index contributed by atoms with van der Waals surface area (Å²) >= 11 is 1.46. The van der Waals surface area contributed by atoms with E-state index in [1.807, 2.05) is 32.9 Å². The van der Waals surface area contributed by atoms with Gasteiger partial charge in [-0.05, 0) is 32.4 Å². The van der Waals surface area contributed by atoms with Gasteiger partial charge in [-0.3, -0.25) is 0 Å². The van der Waals surface area contributed by atoms with Crippen LogP contribution < -0.4 is 5.32 Å². The summed E-state index contributed by atoms with van der Waals surface area (Å²) < 4.78 is 9.98. The van der Waals surface area contributed by atoms with Crippen LogP contribution in [0.3, 0.4) is 0 Å². The van der Waals surface area contributed by atoms with Gasteiger partial charge < -0.3 is 19.8 Å². The average molecular weight is 377 g/mol. The van der Waals surface area contributed by atoms with Gasteiger partial charge in [0.05, 0.1) is 31.1 Å². The average Bonchev–Trinajstić information content (AvgIpc) is 3.04. The molecule has 7 nitrogen and oxygen atoms in total. The van der Waals surface area contributed by atoms with Gasteiger partial charge in [-0.15, -0.1) is 0 Å². The molecule has 1 aromatic heterocycles. The molecule has 1 heterocycles. The number of methoxy groups -OCH3 is 1. The largest absolute Gasteiger partial charge is 0.465 e. The number of nitrogens with one attached hydrogen (secondary N) is 2. The maximum Gasteiger partial charge on any atom is 0.407 e. The molecule has 0 aliphatic heterocycles. The van der Waals surface area contributed by atoms with Crippen molar-refractivity contribution in [1.29, 1.82) is 0 Å². The molecule has 0 atom stereocenters.